The molecule has 23 heavy (non-hydrogen) atoms. The zero-order chi connectivity index (χ0) is 16.1. The van der Waals surface area contributed by atoms with E-state index < -0.39 is 0 Å². The molecule has 122 valence electrons. The number of hydrogen-bond acceptors (Lipinski definition) is 3. The van der Waals surface area contributed by atoms with Gasteiger partial charge in [0.05, 0.1) is 13.7 Å². The molecule has 1 atom stereocenters. The van der Waals surface area contributed by atoms with E-state index in [9.17, 15) is 0 Å². The van der Waals surface area contributed by atoms with Gasteiger partial charge >= 0.3 is 0 Å². The Morgan fingerprint density at radius 2 is 1.96 bits per heavy atom. The van der Waals surface area contributed by atoms with E-state index in [4.69, 9.17) is 9.47 Å². The maximum absolute atomic E-state index is 5.89. The van der Waals surface area contributed by atoms with Crippen molar-refractivity contribution in [2.24, 2.45) is 0 Å². The topological polar surface area (TPSA) is 30.5 Å². The summed E-state index contributed by atoms with van der Waals surface area (Å²) in [5, 5.41) is 3.65. The van der Waals surface area contributed by atoms with Gasteiger partial charge in [-0.25, -0.2) is 0 Å². The number of methoxy groups -OCH3 is 1. The fourth-order valence-electron chi connectivity index (χ4n) is 3.17. The fourth-order valence-corrected chi connectivity index (χ4v) is 3.17. The first kappa shape index (κ1) is 15.9. The van der Waals surface area contributed by atoms with E-state index in [0.29, 0.717) is 12.6 Å². The predicted molar refractivity (Wildman–Crippen MR) is 93.4 cm³/mol. The summed E-state index contributed by atoms with van der Waals surface area (Å²) in [5.74, 6) is 1.70. The van der Waals surface area contributed by atoms with Gasteiger partial charge in [-0.05, 0) is 54.6 Å². The van der Waals surface area contributed by atoms with Crippen molar-refractivity contribution in [2.75, 3.05) is 20.3 Å². The highest BCUT2D eigenvalue weighted by atomic mass is 16.5. The Morgan fingerprint density at radius 3 is 2.70 bits per heavy atom. The molecule has 0 saturated carbocycles. The van der Waals surface area contributed by atoms with Crippen LogP contribution in [0.25, 0.3) is 0 Å². The van der Waals surface area contributed by atoms with Crippen LogP contribution in [0.1, 0.15) is 36.1 Å². The van der Waals surface area contributed by atoms with Crippen LogP contribution < -0.4 is 14.8 Å². The molecule has 0 amide bonds. The minimum absolute atomic E-state index is 0.330. The minimum atomic E-state index is 0.330. The van der Waals surface area contributed by atoms with Crippen molar-refractivity contribution >= 4 is 0 Å². The van der Waals surface area contributed by atoms with Crippen molar-refractivity contribution in [3.63, 3.8) is 0 Å². The molecule has 1 N–H and O–H groups in total. The van der Waals surface area contributed by atoms with Crippen molar-refractivity contribution in [1.29, 1.82) is 0 Å². The van der Waals surface area contributed by atoms with Crippen molar-refractivity contribution in [2.45, 2.75) is 32.2 Å². The van der Waals surface area contributed by atoms with Gasteiger partial charge < -0.3 is 14.8 Å². The van der Waals surface area contributed by atoms with Crippen molar-refractivity contribution in [3.8, 4) is 11.5 Å². The quantitative estimate of drug-likeness (QED) is 0.877. The van der Waals surface area contributed by atoms with Gasteiger partial charge in [-0.1, -0.05) is 37.3 Å². The van der Waals surface area contributed by atoms with Crippen LogP contribution >= 0.6 is 0 Å². The number of benzene rings is 2. The minimum Gasteiger partial charge on any atom is -0.493 e. The van der Waals surface area contributed by atoms with Gasteiger partial charge in [-0.15, -0.1) is 0 Å². The Balaban J connectivity index is 1.90. The molecular weight excluding hydrogens is 286 g/mol. The Labute approximate surface area is 138 Å². The molecule has 3 heteroatoms. The third kappa shape index (κ3) is 3.67. The van der Waals surface area contributed by atoms with E-state index >= 15 is 0 Å². The van der Waals surface area contributed by atoms with E-state index in [-0.39, 0.29) is 0 Å². The van der Waals surface area contributed by atoms with Gasteiger partial charge in [-0.2, -0.15) is 0 Å². The summed E-state index contributed by atoms with van der Waals surface area (Å²) in [6.45, 7) is 3.83. The summed E-state index contributed by atoms with van der Waals surface area (Å²) < 4.78 is 11.4. The number of fused-ring (bicyclic) bond motifs is 1. The second-order valence-corrected chi connectivity index (χ2v) is 6.00. The van der Waals surface area contributed by atoms with Gasteiger partial charge in [0, 0.05) is 6.04 Å². The van der Waals surface area contributed by atoms with Crippen LogP contribution in [0.5, 0.6) is 11.5 Å². The molecule has 3 rings (SSSR count). The van der Waals surface area contributed by atoms with Crippen LogP contribution in [0.2, 0.25) is 0 Å². The third-order valence-electron chi connectivity index (χ3n) is 4.33. The van der Waals surface area contributed by atoms with Crippen LogP contribution in [-0.2, 0) is 12.8 Å². The molecule has 0 aromatic heterocycles. The molecule has 0 radical (unpaired) electrons. The smallest absolute Gasteiger partial charge is 0.161 e. The van der Waals surface area contributed by atoms with Gasteiger partial charge in [0.25, 0.3) is 0 Å². The van der Waals surface area contributed by atoms with Crippen LogP contribution in [-0.4, -0.2) is 20.3 Å². The highest BCUT2D eigenvalue weighted by Gasteiger charge is 2.22. The van der Waals surface area contributed by atoms with Crippen LogP contribution in [0.3, 0.4) is 0 Å². The first-order valence-electron chi connectivity index (χ1n) is 8.42. The van der Waals surface area contributed by atoms with E-state index in [0.717, 1.165) is 37.3 Å². The Hall–Kier alpha value is -2.00. The van der Waals surface area contributed by atoms with Gasteiger partial charge in [0.1, 0.15) is 0 Å². The number of nitrogens with one attached hydrogen (secondary N) is 1. The number of ether oxygens (including phenoxy) is 2. The van der Waals surface area contributed by atoms with E-state index in [1.165, 1.54) is 16.7 Å². The number of hydrogen-bond donors (Lipinski definition) is 1. The average Bonchev–Trinajstić information content (AvgIpc) is 2.60. The van der Waals surface area contributed by atoms with Crippen molar-refractivity contribution in [3.05, 3.63) is 59.2 Å². The van der Waals surface area contributed by atoms with Crippen LogP contribution in [0.15, 0.2) is 42.5 Å². The van der Waals surface area contributed by atoms with E-state index in [1.807, 2.05) is 0 Å². The number of rotatable bonds is 6. The molecular formula is C20H25NO2. The summed E-state index contributed by atoms with van der Waals surface area (Å²) in [5.41, 5.74) is 4.06. The van der Waals surface area contributed by atoms with E-state index in [2.05, 4.69) is 54.7 Å². The van der Waals surface area contributed by atoms with Crippen LogP contribution in [0.4, 0.5) is 0 Å². The normalized spacial score (nSPS) is 16.7. The molecule has 0 bridgehead atoms. The monoisotopic (exact) mass is 311 g/mol. The zero-order valence-corrected chi connectivity index (χ0v) is 14.0. The Bertz CT molecular complexity index is 640. The standard InChI is InChI=1S/C20H25NO2/c1-3-11-23-20-14-17-16(13-19(20)22-2)9-10-21-18(17)12-15-7-5-4-6-8-15/h4-8,13-14,18,21H,3,9-12H2,1-2H3. The summed E-state index contributed by atoms with van der Waals surface area (Å²) >= 11 is 0. The molecule has 0 aliphatic carbocycles. The highest BCUT2D eigenvalue weighted by molar-refractivity contribution is 5.49. The van der Waals surface area contributed by atoms with Crippen molar-refractivity contribution in [1.82, 2.24) is 5.32 Å². The lowest BCUT2D eigenvalue weighted by Gasteiger charge is -2.28. The average molecular weight is 311 g/mol. The molecule has 0 spiro atoms. The predicted octanol–water partition coefficient (Wildman–Crippen LogP) is 3.91. The van der Waals surface area contributed by atoms with Crippen LogP contribution in [0, 0.1) is 0 Å². The molecule has 1 aliphatic rings. The molecule has 1 unspecified atom stereocenters. The van der Waals surface area contributed by atoms with Gasteiger partial charge in [-0.3, -0.25) is 0 Å². The second kappa shape index (κ2) is 7.51. The first-order valence-corrected chi connectivity index (χ1v) is 8.42. The van der Waals surface area contributed by atoms with Gasteiger partial charge in [0.2, 0.25) is 0 Å². The maximum Gasteiger partial charge on any atom is 0.161 e. The SMILES string of the molecule is CCCOc1cc2c(cc1OC)CCNC2Cc1ccccc1. The maximum atomic E-state index is 5.89. The molecule has 0 saturated heterocycles. The van der Waals surface area contributed by atoms with E-state index in [1.54, 1.807) is 7.11 Å². The molecule has 1 aliphatic heterocycles. The molecule has 1 heterocycles. The second-order valence-electron chi connectivity index (χ2n) is 6.00. The van der Waals surface area contributed by atoms with Gasteiger partial charge in [0.15, 0.2) is 11.5 Å². The van der Waals surface area contributed by atoms with Crippen molar-refractivity contribution < 1.29 is 9.47 Å². The lowest BCUT2D eigenvalue weighted by molar-refractivity contribution is 0.293. The highest BCUT2D eigenvalue weighted by Crippen LogP contribution is 2.36. The largest absolute Gasteiger partial charge is 0.493 e. The lowest BCUT2D eigenvalue weighted by Crippen LogP contribution is -2.31. The first-order chi connectivity index (χ1) is 11.3. The summed E-state index contributed by atoms with van der Waals surface area (Å²) in [6, 6.07) is 15.3. The molecule has 2 aromatic carbocycles. The molecule has 0 fully saturated rings. The Kier molecular flexibility index (Phi) is 5.19. The summed E-state index contributed by atoms with van der Waals surface area (Å²) in [4.78, 5) is 0. The fraction of sp³-hybridized carbons (Fsp3) is 0.400. The molecule has 3 nitrogen and oxygen atoms in total. The summed E-state index contributed by atoms with van der Waals surface area (Å²) in [6.07, 6.45) is 3.02. The third-order valence-corrected chi connectivity index (χ3v) is 4.33. The Morgan fingerprint density at radius 1 is 1.13 bits per heavy atom. The summed E-state index contributed by atoms with van der Waals surface area (Å²) in [7, 11) is 1.71. The molecule has 2 aromatic rings. The zero-order valence-electron chi connectivity index (χ0n) is 14.0. The lowest BCUT2D eigenvalue weighted by atomic mass is 9.90.